The van der Waals surface area contributed by atoms with Crippen LogP contribution >= 0.6 is 0 Å². The van der Waals surface area contributed by atoms with E-state index in [-0.39, 0.29) is 24.5 Å². The Bertz CT molecular complexity index is 470. The van der Waals surface area contributed by atoms with Crippen molar-refractivity contribution >= 4 is 11.6 Å². The Hall–Kier alpha value is -1.59. The molecule has 1 saturated carbocycles. The lowest BCUT2D eigenvalue weighted by Crippen LogP contribution is -2.38. The first-order valence-electron chi connectivity index (χ1n) is 7.43. The van der Waals surface area contributed by atoms with Crippen LogP contribution in [0.25, 0.3) is 0 Å². The number of amides is 1. The lowest BCUT2D eigenvalue weighted by atomic mass is 9.87. The van der Waals surface area contributed by atoms with Gasteiger partial charge in [-0.15, -0.1) is 0 Å². The van der Waals surface area contributed by atoms with E-state index >= 15 is 0 Å². The van der Waals surface area contributed by atoms with Crippen LogP contribution in [0.1, 0.15) is 25.7 Å². The van der Waals surface area contributed by atoms with Crippen molar-refractivity contribution in [3.05, 3.63) is 24.3 Å². The number of aliphatic hydroxyl groups is 1. The first-order valence-corrected chi connectivity index (χ1v) is 7.43. The highest BCUT2D eigenvalue weighted by Gasteiger charge is 2.32. The third kappa shape index (κ3) is 4.44. The fourth-order valence-electron chi connectivity index (χ4n) is 2.86. The molecule has 116 valence electrons. The van der Waals surface area contributed by atoms with Crippen LogP contribution in [0, 0.1) is 5.41 Å². The Balaban J connectivity index is 1.76. The topological polar surface area (TPSA) is 70.6 Å². The van der Waals surface area contributed by atoms with Crippen LogP contribution in [0.15, 0.2) is 24.3 Å². The number of carbonyl (C=O) groups excluding carboxylic acids is 1. The zero-order valence-corrected chi connectivity index (χ0v) is 12.5. The van der Waals surface area contributed by atoms with E-state index in [9.17, 15) is 9.90 Å². The van der Waals surface area contributed by atoms with Gasteiger partial charge in [0.25, 0.3) is 0 Å². The number of ether oxygens (including phenoxy) is 1. The fourth-order valence-corrected chi connectivity index (χ4v) is 2.86. The first-order chi connectivity index (χ1) is 10.2. The summed E-state index contributed by atoms with van der Waals surface area (Å²) in [7, 11) is 1.60. The number of carbonyl (C=O) groups is 1. The van der Waals surface area contributed by atoms with E-state index in [0.29, 0.717) is 12.3 Å². The molecule has 1 aromatic rings. The number of nitrogens with one attached hydrogen (secondary N) is 2. The molecule has 1 aliphatic rings. The standard InChI is InChI=1S/C16H24N2O3/c1-21-14-6-4-5-13(9-14)18-15(20)10-17-11-16(12-19)7-2-3-8-16/h4-6,9,17,19H,2-3,7-8,10-12H2,1H3,(H,18,20). The number of benzene rings is 1. The highest BCUT2D eigenvalue weighted by Crippen LogP contribution is 2.36. The SMILES string of the molecule is COc1cccc(NC(=O)CNCC2(CO)CCCC2)c1. The molecule has 1 aromatic carbocycles. The average Bonchev–Trinajstić information content (AvgIpc) is 2.97. The molecule has 2 rings (SSSR count). The quantitative estimate of drug-likeness (QED) is 0.716. The average molecular weight is 292 g/mol. The van der Waals surface area contributed by atoms with Gasteiger partial charge in [0.05, 0.1) is 13.7 Å². The molecule has 5 heteroatoms. The predicted molar refractivity (Wildman–Crippen MR) is 82.5 cm³/mol. The molecule has 3 N–H and O–H groups in total. The summed E-state index contributed by atoms with van der Waals surface area (Å²) in [6.45, 7) is 1.13. The molecule has 0 saturated heterocycles. The van der Waals surface area contributed by atoms with Crippen molar-refractivity contribution in [2.75, 3.05) is 32.1 Å². The maximum absolute atomic E-state index is 11.9. The van der Waals surface area contributed by atoms with Gasteiger partial charge in [-0.05, 0) is 25.0 Å². The Kier molecular flexibility index (Phi) is 5.59. The summed E-state index contributed by atoms with van der Waals surface area (Å²) >= 11 is 0. The number of hydrogen-bond acceptors (Lipinski definition) is 4. The van der Waals surface area contributed by atoms with E-state index in [1.54, 1.807) is 13.2 Å². The molecule has 5 nitrogen and oxygen atoms in total. The van der Waals surface area contributed by atoms with Crippen molar-refractivity contribution in [3.8, 4) is 5.75 Å². The normalized spacial score (nSPS) is 16.7. The largest absolute Gasteiger partial charge is 0.497 e. The molecule has 0 radical (unpaired) electrons. The lowest BCUT2D eigenvalue weighted by molar-refractivity contribution is -0.115. The van der Waals surface area contributed by atoms with Crippen LogP contribution < -0.4 is 15.4 Å². The molecule has 1 fully saturated rings. The van der Waals surface area contributed by atoms with Crippen molar-refractivity contribution in [1.29, 1.82) is 0 Å². The zero-order valence-electron chi connectivity index (χ0n) is 12.5. The van der Waals surface area contributed by atoms with Crippen LogP contribution in [0.3, 0.4) is 0 Å². The molecule has 0 unspecified atom stereocenters. The number of aliphatic hydroxyl groups excluding tert-OH is 1. The number of methoxy groups -OCH3 is 1. The molecule has 0 spiro atoms. The molecule has 0 atom stereocenters. The minimum Gasteiger partial charge on any atom is -0.497 e. The molecular weight excluding hydrogens is 268 g/mol. The van der Waals surface area contributed by atoms with Gasteiger partial charge in [-0.1, -0.05) is 18.9 Å². The monoisotopic (exact) mass is 292 g/mol. The zero-order chi connectivity index (χ0) is 15.1. The highest BCUT2D eigenvalue weighted by molar-refractivity contribution is 5.92. The van der Waals surface area contributed by atoms with Crippen LogP contribution in [-0.2, 0) is 4.79 Å². The lowest BCUT2D eigenvalue weighted by Gasteiger charge is -2.26. The molecule has 0 aliphatic heterocycles. The Morgan fingerprint density at radius 3 is 2.81 bits per heavy atom. The summed E-state index contributed by atoms with van der Waals surface area (Å²) in [6, 6.07) is 7.27. The summed E-state index contributed by atoms with van der Waals surface area (Å²) in [5, 5.41) is 15.5. The second-order valence-electron chi connectivity index (χ2n) is 5.75. The van der Waals surface area contributed by atoms with Gasteiger partial charge < -0.3 is 20.5 Å². The predicted octanol–water partition coefficient (Wildman–Crippen LogP) is 1.78. The third-order valence-electron chi connectivity index (χ3n) is 4.14. The minimum atomic E-state index is -0.0886. The number of rotatable bonds is 7. The summed E-state index contributed by atoms with van der Waals surface area (Å²) in [5.41, 5.74) is 0.690. The summed E-state index contributed by atoms with van der Waals surface area (Å²) in [4.78, 5) is 11.9. The van der Waals surface area contributed by atoms with Crippen molar-refractivity contribution in [2.45, 2.75) is 25.7 Å². The van der Waals surface area contributed by atoms with E-state index in [1.165, 1.54) is 0 Å². The van der Waals surface area contributed by atoms with Gasteiger partial charge in [0.15, 0.2) is 0 Å². The van der Waals surface area contributed by atoms with E-state index in [4.69, 9.17) is 4.74 Å². The Morgan fingerprint density at radius 2 is 2.14 bits per heavy atom. The highest BCUT2D eigenvalue weighted by atomic mass is 16.5. The molecular formula is C16H24N2O3. The maximum atomic E-state index is 11.9. The number of hydrogen-bond donors (Lipinski definition) is 3. The van der Waals surface area contributed by atoms with Gasteiger partial charge in [0.1, 0.15) is 5.75 Å². The van der Waals surface area contributed by atoms with Crippen molar-refractivity contribution in [1.82, 2.24) is 5.32 Å². The van der Waals surface area contributed by atoms with Gasteiger partial charge in [0, 0.05) is 30.3 Å². The van der Waals surface area contributed by atoms with E-state index in [2.05, 4.69) is 10.6 Å². The molecule has 1 amide bonds. The molecule has 0 bridgehead atoms. The molecule has 0 heterocycles. The molecule has 1 aliphatic carbocycles. The second kappa shape index (κ2) is 7.43. The van der Waals surface area contributed by atoms with Gasteiger partial charge in [0.2, 0.25) is 5.91 Å². The van der Waals surface area contributed by atoms with Gasteiger partial charge in [-0.25, -0.2) is 0 Å². The second-order valence-corrected chi connectivity index (χ2v) is 5.75. The molecule has 0 aromatic heterocycles. The van der Waals surface area contributed by atoms with Crippen LogP contribution in [0.2, 0.25) is 0 Å². The van der Waals surface area contributed by atoms with Gasteiger partial charge in [-0.3, -0.25) is 4.79 Å². The maximum Gasteiger partial charge on any atom is 0.238 e. The molecule has 21 heavy (non-hydrogen) atoms. The smallest absolute Gasteiger partial charge is 0.238 e. The Morgan fingerprint density at radius 1 is 1.38 bits per heavy atom. The fraction of sp³-hybridized carbons (Fsp3) is 0.562. The number of anilines is 1. The summed E-state index contributed by atoms with van der Waals surface area (Å²) < 4.78 is 5.12. The van der Waals surface area contributed by atoms with Crippen LogP contribution in [0.5, 0.6) is 5.75 Å². The van der Waals surface area contributed by atoms with Gasteiger partial charge >= 0.3 is 0 Å². The first kappa shape index (κ1) is 15.8. The summed E-state index contributed by atoms with van der Waals surface area (Å²) in [5.74, 6) is 0.625. The summed E-state index contributed by atoms with van der Waals surface area (Å²) in [6.07, 6.45) is 4.40. The van der Waals surface area contributed by atoms with E-state index in [1.807, 2.05) is 18.2 Å². The van der Waals surface area contributed by atoms with E-state index in [0.717, 1.165) is 31.4 Å². The van der Waals surface area contributed by atoms with Crippen LogP contribution in [0.4, 0.5) is 5.69 Å². The van der Waals surface area contributed by atoms with Gasteiger partial charge in [-0.2, -0.15) is 0 Å². The van der Waals surface area contributed by atoms with Crippen LogP contribution in [-0.4, -0.2) is 37.8 Å². The van der Waals surface area contributed by atoms with Crippen molar-refractivity contribution < 1.29 is 14.6 Å². The third-order valence-corrected chi connectivity index (χ3v) is 4.14. The van der Waals surface area contributed by atoms with Crippen molar-refractivity contribution in [3.63, 3.8) is 0 Å². The Labute approximate surface area is 125 Å². The minimum absolute atomic E-state index is 0.0315. The van der Waals surface area contributed by atoms with E-state index < -0.39 is 0 Å². The van der Waals surface area contributed by atoms with Crippen molar-refractivity contribution in [2.24, 2.45) is 5.41 Å².